The largest absolute Gasteiger partial charge is 0.473 e. The number of carbonyl (C=O) groups excluding carboxylic acids is 1. The van der Waals surface area contributed by atoms with E-state index in [1.807, 2.05) is 6.07 Å². The number of carboxylic acid groups (broad SMARTS) is 2. The third-order valence-corrected chi connectivity index (χ3v) is 6.56. The topological polar surface area (TPSA) is 129 Å². The van der Waals surface area contributed by atoms with Crippen molar-refractivity contribution in [1.82, 2.24) is 15.1 Å². The van der Waals surface area contributed by atoms with Gasteiger partial charge < -0.3 is 25.0 Å². The van der Waals surface area contributed by atoms with Gasteiger partial charge in [-0.05, 0) is 48.1 Å². The van der Waals surface area contributed by atoms with Crippen LogP contribution in [-0.2, 0) is 27.3 Å². The third kappa shape index (κ3) is 6.73. The van der Waals surface area contributed by atoms with E-state index in [4.69, 9.17) is 29.3 Å². The minimum atomic E-state index is -1.82. The van der Waals surface area contributed by atoms with E-state index in [0.717, 1.165) is 63.5 Å². The lowest BCUT2D eigenvalue weighted by atomic mass is 9.88. The summed E-state index contributed by atoms with van der Waals surface area (Å²) in [5.74, 6) is -1.84. The summed E-state index contributed by atoms with van der Waals surface area (Å²) in [4.78, 5) is 35.6. The van der Waals surface area contributed by atoms with Crippen molar-refractivity contribution in [2.45, 2.75) is 31.8 Å². The molecule has 0 spiro atoms. The van der Waals surface area contributed by atoms with E-state index in [-0.39, 0.29) is 11.9 Å². The Kier molecular flexibility index (Phi) is 8.40. The average Bonchev–Trinajstić information content (AvgIpc) is 3.34. The van der Waals surface area contributed by atoms with Gasteiger partial charge in [-0.25, -0.2) is 9.59 Å². The molecule has 2 aromatic rings. The molecule has 192 valence electrons. The van der Waals surface area contributed by atoms with E-state index in [2.05, 4.69) is 51.5 Å². The monoisotopic (exact) mass is 497 g/mol. The van der Waals surface area contributed by atoms with E-state index in [9.17, 15) is 4.79 Å². The minimum absolute atomic E-state index is 0.140. The third-order valence-electron chi connectivity index (χ3n) is 6.56. The molecular weight excluding hydrogens is 466 g/mol. The summed E-state index contributed by atoms with van der Waals surface area (Å²) in [6.07, 6.45) is 3.29. The molecule has 1 unspecified atom stereocenters. The maximum Gasteiger partial charge on any atom is 0.414 e. The van der Waals surface area contributed by atoms with Gasteiger partial charge >= 0.3 is 11.9 Å². The van der Waals surface area contributed by atoms with Gasteiger partial charge in [0.25, 0.3) is 0 Å². The number of nitrogens with one attached hydrogen (secondary N) is 1. The van der Waals surface area contributed by atoms with E-state index >= 15 is 0 Å². The van der Waals surface area contributed by atoms with Gasteiger partial charge in [-0.3, -0.25) is 14.6 Å². The number of hydrogen-bond donors (Lipinski definition) is 3. The van der Waals surface area contributed by atoms with Crippen LogP contribution in [0.1, 0.15) is 35.6 Å². The Morgan fingerprint density at radius 2 is 1.61 bits per heavy atom. The number of rotatable bonds is 5. The number of fused-ring (bicyclic) bond motifs is 2. The lowest BCUT2D eigenvalue weighted by molar-refractivity contribution is -0.159. The standard InChI is InChI=1S/C24H29N3O3.C2H2O4/c28-24(25-21-7-3-5-19-4-1-2-6-20(19)21)16-27-12-10-26(11-13-27)15-18-8-9-22-23(14-18)30-17-29-22;3-1(4)2(5)6/h1-2,4,6,8-9,14,21H,3,5,7,10-13,15-17H2,(H,25,28);(H,3,4)(H,5,6). The molecule has 0 aromatic heterocycles. The van der Waals surface area contributed by atoms with Crippen molar-refractivity contribution in [3.05, 3.63) is 59.2 Å². The van der Waals surface area contributed by atoms with Crippen molar-refractivity contribution in [2.24, 2.45) is 0 Å². The van der Waals surface area contributed by atoms with Crippen LogP contribution in [0, 0.1) is 0 Å². The summed E-state index contributed by atoms with van der Waals surface area (Å²) in [5, 5.41) is 18.1. The molecule has 10 nitrogen and oxygen atoms in total. The summed E-state index contributed by atoms with van der Waals surface area (Å²) in [6, 6.07) is 14.8. The van der Waals surface area contributed by atoms with Crippen molar-refractivity contribution >= 4 is 17.8 Å². The van der Waals surface area contributed by atoms with Crippen LogP contribution in [0.25, 0.3) is 0 Å². The highest BCUT2D eigenvalue weighted by atomic mass is 16.7. The van der Waals surface area contributed by atoms with Crippen LogP contribution in [0.4, 0.5) is 0 Å². The summed E-state index contributed by atoms with van der Waals surface area (Å²) in [5.41, 5.74) is 3.92. The van der Waals surface area contributed by atoms with Gasteiger partial charge in [-0.1, -0.05) is 30.3 Å². The van der Waals surface area contributed by atoms with Gasteiger partial charge in [0.15, 0.2) is 11.5 Å². The van der Waals surface area contributed by atoms with Gasteiger partial charge in [0.2, 0.25) is 12.7 Å². The van der Waals surface area contributed by atoms with Crippen LogP contribution >= 0.6 is 0 Å². The van der Waals surface area contributed by atoms with Crippen molar-refractivity contribution < 1.29 is 34.1 Å². The predicted octanol–water partition coefficient (Wildman–Crippen LogP) is 1.88. The summed E-state index contributed by atoms with van der Waals surface area (Å²) >= 11 is 0. The van der Waals surface area contributed by atoms with Crippen LogP contribution in [0.3, 0.4) is 0 Å². The smallest absolute Gasteiger partial charge is 0.414 e. The predicted molar refractivity (Wildman–Crippen MR) is 130 cm³/mol. The second-order valence-corrected chi connectivity index (χ2v) is 9.06. The summed E-state index contributed by atoms with van der Waals surface area (Å²) in [6.45, 7) is 5.46. The number of hydrogen-bond acceptors (Lipinski definition) is 7. The molecule has 2 aromatic carbocycles. The molecule has 5 rings (SSSR count). The first kappa shape index (κ1) is 25.5. The van der Waals surface area contributed by atoms with Crippen LogP contribution in [0.15, 0.2) is 42.5 Å². The Morgan fingerprint density at radius 3 is 2.36 bits per heavy atom. The molecule has 1 amide bonds. The number of benzene rings is 2. The number of amides is 1. The van der Waals surface area contributed by atoms with Gasteiger partial charge in [0.05, 0.1) is 12.6 Å². The number of nitrogens with zero attached hydrogens (tertiary/aromatic N) is 2. The Bertz CT molecular complexity index is 1090. The Balaban J connectivity index is 0.000000455. The van der Waals surface area contributed by atoms with Crippen LogP contribution in [0.2, 0.25) is 0 Å². The Labute approximate surface area is 209 Å². The van der Waals surface area contributed by atoms with Crippen molar-refractivity contribution in [2.75, 3.05) is 39.5 Å². The molecule has 10 heteroatoms. The number of carboxylic acids is 2. The number of aliphatic carboxylic acids is 2. The Hall–Kier alpha value is -3.63. The first-order valence-corrected chi connectivity index (χ1v) is 12.1. The highest BCUT2D eigenvalue weighted by Crippen LogP contribution is 2.33. The molecule has 1 saturated heterocycles. The molecule has 0 saturated carbocycles. The normalized spacial score (nSPS) is 18.9. The maximum absolute atomic E-state index is 12.7. The van der Waals surface area contributed by atoms with Crippen molar-refractivity contribution in [3.63, 3.8) is 0 Å². The fraction of sp³-hybridized carbons (Fsp3) is 0.423. The molecule has 1 fully saturated rings. The van der Waals surface area contributed by atoms with Crippen LogP contribution in [0.5, 0.6) is 11.5 Å². The highest BCUT2D eigenvalue weighted by molar-refractivity contribution is 6.27. The number of carbonyl (C=O) groups is 3. The number of ether oxygens (including phenoxy) is 2. The zero-order valence-electron chi connectivity index (χ0n) is 20.0. The molecule has 2 heterocycles. The SMILES string of the molecule is O=C(CN1CCN(Cc2ccc3c(c2)OCO3)CC1)NC1CCCc2ccccc21.O=C(O)C(=O)O. The highest BCUT2D eigenvalue weighted by Gasteiger charge is 2.24. The molecule has 1 aliphatic carbocycles. The fourth-order valence-electron chi connectivity index (χ4n) is 4.75. The van der Waals surface area contributed by atoms with Crippen molar-refractivity contribution in [3.8, 4) is 11.5 Å². The molecule has 36 heavy (non-hydrogen) atoms. The van der Waals surface area contributed by atoms with Crippen LogP contribution < -0.4 is 14.8 Å². The molecule has 0 bridgehead atoms. The van der Waals surface area contributed by atoms with Gasteiger partial charge in [-0.2, -0.15) is 0 Å². The van der Waals surface area contributed by atoms with Crippen molar-refractivity contribution in [1.29, 1.82) is 0 Å². The second-order valence-electron chi connectivity index (χ2n) is 9.06. The van der Waals surface area contributed by atoms with Gasteiger partial charge in [-0.15, -0.1) is 0 Å². The molecule has 3 N–H and O–H groups in total. The first-order chi connectivity index (χ1) is 17.4. The van der Waals surface area contributed by atoms with Crippen LogP contribution in [-0.4, -0.2) is 77.4 Å². The Morgan fingerprint density at radius 1 is 0.917 bits per heavy atom. The van der Waals surface area contributed by atoms with E-state index < -0.39 is 11.9 Å². The average molecular weight is 498 g/mol. The summed E-state index contributed by atoms with van der Waals surface area (Å²) < 4.78 is 10.9. The lowest BCUT2D eigenvalue weighted by Crippen LogP contribution is -2.49. The molecule has 0 radical (unpaired) electrons. The fourth-order valence-corrected chi connectivity index (χ4v) is 4.75. The maximum atomic E-state index is 12.7. The quantitative estimate of drug-likeness (QED) is 0.531. The zero-order chi connectivity index (χ0) is 25.5. The van der Waals surface area contributed by atoms with E-state index in [1.54, 1.807) is 0 Å². The number of aryl methyl sites for hydroxylation is 1. The van der Waals surface area contributed by atoms with Gasteiger partial charge in [0, 0.05) is 32.7 Å². The zero-order valence-corrected chi connectivity index (χ0v) is 20.0. The molecule has 3 aliphatic rings. The van der Waals surface area contributed by atoms with E-state index in [0.29, 0.717) is 13.3 Å². The number of piperazine rings is 1. The van der Waals surface area contributed by atoms with E-state index in [1.165, 1.54) is 16.7 Å². The minimum Gasteiger partial charge on any atom is -0.473 e. The molecule has 1 atom stereocenters. The first-order valence-electron chi connectivity index (χ1n) is 12.1. The molecule has 2 aliphatic heterocycles. The molecular formula is C26H31N3O7. The summed E-state index contributed by atoms with van der Waals surface area (Å²) in [7, 11) is 0. The second kappa shape index (κ2) is 11.9. The van der Waals surface area contributed by atoms with Gasteiger partial charge in [0.1, 0.15) is 0 Å². The lowest BCUT2D eigenvalue weighted by Gasteiger charge is -2.35.